The van der Waals surface area contributed by atoms with E-state index in [2.05, 4.69) is 11.0 Å². The fourth-order valence-electron chi connectivity index (χ4n) is 8.02. The number of phenols is 1. The molecule has 6 heteroatoms. The molecule has 1 saturated heterocycles. The third-order valence-corrected chi connectivity index (χ3v) is 10.0. The van der Waals surface area contributed by atoms with Crippen molar-refractivity contribution in [1.29, 1.82) is 0 Å². The Hall–Kier alpha value is -2.83. The first kappa shape index (κ1) is 23.3. The molecular formula is C31H36N2O4. The van der Waals surface area contributed by atoms with Gasteiger partial charge in [-0.1, -0.05) is 35.9 Å². The van der Waals surface area contributed by atoms with Crippen LogP contribution in [0.25, 0.3) is 6.08 Å². The maximum absolute atomic E-state index is 13.3. The molecule has 2 bridgehead atoms. The fourth-order valence-corrected chi connectivity index (χ4v) is 8.02. The summed E-state index contributed by atoms with van der Waals surface area (Å²) < 4.78 is 6.52. The van der Waals surface area contributed by atoms with E-state index in [0.717, 1.165) is 48.5 Å². The Labute approximate surface area is 218 Å². The number of phenolic OH excluding ortho intramolecular Hbond substituents is 1. The lowest BCUT2D eigenvalue weighted by molar-refractivity contribution is -0.198. The molecule has 2 aromatic rings. The zero-order chi connectivity index (χ0) is 25.5. The first-order chi connectivity index (χ1) is 17.8. The van der Waals surface area contributed by atoms with Gasteiger partial charge in [0.2, 0.25) is 5.91 Å². The smallest absolute Gasteiger partial charge is 0.246 e. The minimum Gasteiger partial charge on any atom is -0.504 e. The van der Waals surface area contributed by atoms with Gasteiger partial charge in [0.1, 0.15) is 6.10 Å². The second-order valence-corrected chi connectivity index (χ2v) is 12.1. The highest BCUT2D eigenvalue weighted by molar-refractivity contribution is 5.91. The van der Waals surface area contributed by atoms with E-state index in [9.17, 15) is 15.0 Å². The summed E-state index contributed by atoms with van der Waals surface area (Å²) in [7, 11) is 1.85. The summed E-state index contributed by atoms with van der Waals surface area (Å²) in [6.07, 6.45) is 8.53. The molecule has 0 aromatic heterocycles. The minimum absolute atomic E-state index is 0.00918. The molecule has 2 unspecified atom stereocenters. The number of hydrogen-bond donors (Lipinski definition) is 2. The van der Waals surface area contributed by atoms with E-state index in [-0.39, 0.29) is 29.8 Å². The number of aryl methyl sites for hydroxylation is 1. The summed E-state index contributed by atoms with van der Waals surface area (Å²) in [6, 6.07) is 11.7. The van der Waals surface area contributed by atoms with Gasteiger partial charge in [0.25, 0.3) is 0 Å². The summed E-state index contributed by atoms with van der Waals surface area (Å²) in [5.41, 5.74) is 2.84. The molecule has 2 heterocycles. The van der Waals surface area contributed by atoms with Crippen molar-refractivity contribution in [3.8, 4) is 11.5 Å². The Balaban J connectivity index is 1.23. The van der Waals surface area contributed by atoms with Gasteiger partial charge in [-0.25, -0.2) is 0 Å². The number of likely N-dealkylation sites (tertiary alicyclic amines) is 1. The Morgan fingerprint density at radius 2 is 2.11 bits per heavy atom. The van der Waals surface area contributed by atoms with Crippen molar-refractivity contribution in [2.75, 3.05) is 20.1 Å². The molecule has 5 aliphatic rings. The lowest BCUT2D eigenvalue weighted by atomic mass is 9.48. The number of rotatable bonds is 5. The molecule has 6 nitrogen and oxygen atoms in total. The molecule has 2 saturated carbocycles. The molecule has 1 amide bonds. The number of nitrogens with zero attached hydrogens (tertiary/aromatic N) is 2. The van der Waals surface area contributed by atoms with Gasteiger partial charge in [-0.15, -0.1) is 0 Å². The molecule has 1 spiro atoms. The summed E-state index contributed by atoms with van der Waals surface area (Å²) in [6.45, 7) is 4.02. The number of carbonyl (C=O) groups is 1. The van der Waals surface area contributed by atoms with Crippen LogP contribution in [0.15, 0.2) is 42.5 Å². The first-order valence-corrected chi connectivity index (χ1v) is 13.8. The van der Waals surface area contributed by atoms with Crippen LogP contribution < -0.4 is 4.74 Å². The minimum atomic E-state index is -1.02. The van der Waals surface area contributed by atoms with Gasteiger partial charge >= 0.3 is 0 Å². The van der Waals surface area contributed by atoms with E-state index in [1.54, 1.807) is 17.0 Å². The Bertz CT molecular complexity index is 1300. The molecule has 5 atom stereocenters. The largest absolute Gasteiger partial charge is 0.504 e. The Morgan fingerprint density at radius 3 is 2.89 bits per heavy atom. The zero-order valence-corrected chi connectivity index (χ0v) is 21.7. The third kappa shape index (κ3) is 3.34. The number of hydrogen-bond acceptors (Lipinski definition) is 5. The average Bonchev–Trinajstić information content (AvgIpc) is 3.62. The van der Waals surface area contributed by atoms with Crippen molar-refractivity contribution < 1.29 is 19.7 Å². The van der Waals surface area contributed by atoms with Gasteiger partial charge in [-0.05, 0) is 74.8 Å². The van der Waals surface area contributed by atoms with E-state index in [0.29, 0.717) is 18.6 Å². The third-order valence-electron chi connectivity index (χ3n) is 10.0. The van der Waals surface area contributed by atoms with Crippen LogP contribution in [0.3, 0.4) is 0 Å². The van der Waals surface area contributed by atoms with Gasteiger partial charge in [-0.3, -0.25) is 9.69 Å². The second-order valence-electron chi connectivity index (χ2n) is 12.1. The molecule has 194 valence electrons. The van der Waals surface area contributed by atoms with E-state index in [1.165, 1.54) is 18.4 Å². The fraction of sp³-hybridized carbons (Fsp3) is 0.516. The van der Waals surface area contributed by atoms with Crippen LogP contribution in [-0.4, -0.2) is 69.8 Å². The van der Waals surface area contributed by atoms with Crippen LogP contribution >= 0.6 is 0 Å². The molecule has 3 fully saturated rings. The van der Waals surface area contributed by atoms with Gasteiger partial charge < -0.3 is 19.8 Å². The number of likely N-dealkylation sites (N-methyl/N-ethyl adjacent to an activating group) is 1. The van der Waals surface area contributed by atoms with Crippen molar-refractivity contribution in [3.63, 3.8) is 0 Å². The van der Waals surface area contributed by atoms with Crippen molar-refractivity contribution in [2.45, 2.75) is 74.7 Å². The Morgan fingerprint density at radius 1 is 1.27 bits per heavy atom. The highest BCUT2D eigenvalue weighted by Crippen LogP contribution is 2.65. The number of benzene rings is 2. The molecule has 2 N–H and O–H groups in total. The summed E-state index contributed by atoms with van der Waals surface area (Å²) >= 11 is 0. The summed E-state index contributed by atoms with van der Waals surface area (Å²) in [5, 5.41) is 23.5. The number of carbonyl (C=O) groups excluding carboxylic acids is 1. The quantitative estimate of drug-likeness (QED) is 0.611. The van der Waals surface area contributed by atoms with E-state index in [1.807, 2.05) is 44.3 Å². The molecular weight excluding hydrogens is 464 g/mol. The van der Waals surface area contributed by atoms with E-state index in [4.69, 9.17) is 4.74 Å². The van der Waals surface area contributed by atoms with Gasteiger partial charge in [-0.2, -0.15) is 0 Å². The lowest BCUT2D eigenvalue weighted by Crippen LogP contribution is -2.77. The SMILES string of the molecule is Cc1cccc(/C=C/C(=O)N(C)C2CC3Oc4c(O)ccc5c4[C@@]34CCN(CC3CC3)[C@H](C5)[C@]4(O)C2)c1. The Kier molecular flexibility index (Phi) is 5.09. The topological polar surface area (TPSA) is 73.2 Å². The zero-order valence-electron chi connectivity index (χ0n) is 21.7. The number of piperidine rings is 1. The second kappa shape index (κ2) is 8.08. The molecule has 2 aromatic carbocycles. The van der Waals surface area contributed by atoms with Crippen molar-refractivity contribution in [3.05, 3.63) is 64.7 Å². The maximum Gasteiger partial charge on any atom is 0.246 e. The number of ether oxygens (including phenoxy) is 1. The molecule has 2 aliphatic heterocycles. The number of amides is 1. The van der Waals surface area contributed by atoms with Crippen LogP contribution in [0, 0.1) is 12.8 Å². The molecule has 3 aliphatic carbocycles. The number of aromatic hydroxyl groups is 1. The number of aliphatic hydroxyl groups is 1. The monoisotopic (exact) mass is 500 g/mol. The standard InChI is InChI=1S/C31H36N2O4/c1-19-4-3-5-20(14-19)8-11-27(35)32(2)23-16-26-30-12-13-33(18-21-6-7-21)25(31(30,36)17-23)15-22-9-10-24(34)29(37-26)28(22)30/h3-5,8-11,14,21,23,25-26,34,36H,6-7,12-13,15-18H2,1-2H3/b11-8+/t23?,25-,26?,30-,31-/m1/s1. The highest BCUT2D eigenvalue weighted by Gasteiger charge is 2.72. The molecule has 37 heavy (non-hydrogen) atoms. The van der Waals surface area contributed by atoms with Gasteiger partial charge in [0.05, 0.1) is 11.0 Å². The first-order valence-electron chi connectivity index (χ1n) is 13.8. The summed E-state index contributed by atoms with van der Waals surface area (Å²) in [5.74, 6) is 1.39. The van der Waals surface area contributed by atoms with Crippen molar-refractivity contribution >= 4 is 12.0 Å². The normalized spacial score (nSPS) is 33.8. The van der Waals surface area contributed by atoms with Crippen LogP contribution in [0.2, 0.25) is 0 Å². The van der Waals surface area contributed by atoms with Crippen molar-refractivity contribution in [2.24, 2.45) is 5.92 Å². The molecule has 0 radical (unpaired) electrons. The van der Waals surface area contributed by atoms with Crippen LogP contribution in [0.1, 0.15) is 54.4 Å². The van der Waals surface area contributed by atoms with E-state index >= 15 is 0 Å². The van der Waals surface area contributed by atoms with Gasteiger partial charge in [0.15, 0.2) is 11.5 Å². The van der Waals surface area contributed by atoms with Crippen LogP contribution in [0.4, 0.5) is 0 Å². The van der Waals surface area contributed by atoms with Crippen LogP contribution in [0.5, 0.6) is 11.5 Å². The summed E-state index contributed by atoms with van der Waals surface area (Å²) in [4.78, 5) is 17.6. The van der Waals surface area contributed by atoms with Crippen molar-refractivity contribution in [1.82, 2.24) is 9.80 Å². The maximum atomic E-state index is 13.3. The van der Waals surface area contributed by atoms with Gasteiger partial charge in [0, 0.05) is 43.7 Å². The van der Waals surface area contributed by atoms with E-state index < -0.39 is 11.0 Å². The molecule has 7 rings (SSSR count). The average molecular weight is 501 g/mol. The van der Waals surface area contributed by atoms with Crippen LogP contribution in [-0.2, 0) is 16.6 Å². The predicted octanol–water partition coefficient (Wildman–Crippen LogP) is 3.81. The highest BCUT2D eigenvalue weighted by atomic mass is 16.5. The lowest BCUT2D eigenvalue weighted by Gasteiger charge is -2.64. The predicted molar refractivity (Wildman–Crippen MR) is 142 cm³/mol.